The maximum absolute atomic E-state index is 5.74. The Morgan fingerprint density at radius 3 is 2.55 bits per heavy atom. The number of rotatable bonds is 2. The molecule has 1 aromatic rings. The lowest BCUT2D eigenvalue weighted by molar-refractivity contribution is 0.612. The summed E-state index contributed by atoms with van der Waals surface area (Å²) in [4.78, 5) is 0. The lowest BCUT2D eigenvalue weighted by Gasteiger charge is -2.12. The molecule has 0 saturated carbocycles. The molecule has 0 aliphatic heterocycles. The second-order valence-corrected chi connectivity index (χ2v) is 3.10. The lowest BCUT2D eigenvalue weighted by atomic mass is 9.98. The van der Waals surface area contributed by atoms with Gasteiger partial charge in [-0.2, -0.15) is 5.10 Å². The van der Waals surface area contributed by atoms with Gasteiger partial charge in [0.15, 0.2) is 0 Å². The van der Waals surface area contributed by atoms with Crippen LogP contribution in [0.15, 0.2) is 12.4 Å². The molecule has 1 heterocycles. The second-order valence-electron chi connectivity index (χ2n) is 3.10. The third kappa shape index (κ3) is 1.80. The van der Waals surface area contributed by atoms with E-state index in [0.29, 0.717) is 5.92 Å². The van der Waals surface area contributed by atoms with Crippen molar-refractivity contribution < 1.29 is 0 Å². The highest BCUT2D eigenvalue weighted by molar-refractivity contribution is 5.11. The van der Waals surface area contributed by atoms with Crippen LogP contribution in [0.2, 0.25) is 0 Å². The van der Waals surface area contributed by atoms with Crippen LogP contribution in [0.5, 0.6) is 0 Å². The molecule has 0 radical (unpaired) electrons. The highest BCUT2D eigenvalue weighted by Crippen LogP contribution is 2.15. The van der Waals surface area contributed by atoms with E-state index in [-0.39, 0.29) is 6.04 Å². The van der Waals surface area contributed by atoms with Crippen molar-refractivity contribution in [3.05, 3.63) is 18.0 Å². The monoisotopic (exact) mass is 153 g/mol. The average molecular weight is 153 g/mol. The number of hydrogen-bond donors (Lipinski definition) is 1. The maximum Gasteiger partial charge on any atom is 0.0524 e. The van der Waals surface area contributed by atoms with Gasteiger partial charge in [0.2, 0.25) is 0 Å². The Labute approximate surface area is 67.2 Å². The highest BCUT2D eigenvalue weighted by Gasteiger charge is 2.10. The molecule has 3 nitrogen and oxygen atoms in total. The van der Waals surface area contributed by atoms with Crippen LogP contribution in [-0.4, -0.2) is 15.8 Å². The molecule has 2 N–H and O–H groups in total. The smallest absolute Gasteiger partial charge is 0.0524 e. The minimum absolute atomic E-state index is 0.194. The number of aromatic nitrogens is 2. The molecular weight excluding hydrogens is 138 g/mol. The van der Waals surface area contributed by atoms with Gasteiger partial charge >= 0.3 is 0 Å². The molecule has 2 unspecified atom stereocenters. The van der Waals surface area contributed by atoms with Gasteiger partial charge in [0.05, 0.1) is 6.20 Å². The molecule has 0 aromatic carbocycles. The molecule has 0 spiro atoms. The zero-order valence-electron chi connectivity index (χ0n) is 7.28. The van der Waals surface area contributed by atoms with Crippen molar-refractivity contribution in [2.45, 2.75) is 25.8 Å². The van der Waals surface area contributed by atoms with E-state index in [1.54, 1.807) is 4.68 Å². The zero-order chi connectivity index (χ0) is 8.43. The summed E-state index contributed by atoms with van der Waals surface area (Å²) in [7, 11) is 1.91. The summed E-state index contributed by atoms with van der Waals surface area (Å²) >= 11 is 0. The number of hydrogen-bond acceptors (Lipinski definition) is 2. The maximum atomic E-state index is 5.74. The van der Waals surface area contributed by atoms with Crippen molar-refractivity contribution in [2.75, 3.05) is 0 Å². The zero-order valence-corrected chi connectivity index (χ0v) is 7.28. The number of aryl methyl sites for hydroxylation is 1. The molecule has 2 atom stereocenters. The standard InChI is InChI=1S/C8H15N3/c1-6(7(2)9)8-4-10-11(3)5-8/h4-7H,9H2,1-3H3. The van der Waals surface area contributed by atoms with Crippen LogP contribution >= 0.6 is 0 Å². The topological polar surface area (TPSA) is 43.8 Å². The Bertz CT molecular complexity index is 227. The minimum atomic E-state index is 0.194. The Balaban J connectivity index is 2.76. The van der Waals surface area contributed by atoms with E-state index in [2.05, 4.69) is 12.0 Å². The predicted octanol–water partition coefficient (Wildman–Crippen LogP) is 0.871. The fraction of sp³-hybridized carbons (Fsp3) is 0.625. The van der Waals surface area contributed by atoms with E-state index in [9.17, 15) is 0 Å². The van der Waals surface area contributed by atoms with Gasteiger partial charge in [0, 0.05) is 19.3 Å². The summed E-state index contributed by atoms with van der Waals surface area (Å²) in [5.41, 5.74) is 6.95. The van der Waals surface area contributed by atoms with Gasteiger partial charge in [0.1, 0.15) is 0 Å². The predicted molar refractivity (Wildman–Crippen MR) is 45.3 cm³/mol. The number of nitrogens with two attached hydrogens (primary N) is 1. The van der Waals surface area contributed by atoms with Crippen LogP contribution in [0.25, 0.3) is 0 Å². The first kappa shape index (κ1) is 8.27. The van der Waals surface area contributed by atoms with Crippen LogP contribution in [0.4, 0.5) is 0 Å². The summed E-state index contributed by atoms with van der Waals surface area (Å²) in [6.45, 7) is 4.12. The van der Waals surface area contributed by atoms with Crippen LogP contribution in [0, 0.1) is 0 Å². The second kappa shape index (κ2) is 3.05. The van der Waals surface area contributed by atoms with Crippen LogP contribution in [-0.2, 0) is 7.05 Å². The molecule has 11 heavy (non-hydrogen) atoms. The van der Waals surface area contributed by atoms with Gasteiger partial charge in [-0.15, -0.1) is 0 Å². The van der Waals surface area contributed by atoms with Crippen LogP contribution in [0.3, 0.4) is 0 Å². The van der Waals surface area contributed by atoms with Gasteiger partial charge in [-0.1, -0.05) is 6.92 Å². The van der Waals surface area contributed by atoms with Crippen molar-refractivity contribution in [3.8, 4) is 0 Å². The summed E-state index contributed by atoms with van der Waals surface area (Å²) < 4.78 is 1.80. The molecule has 0 saturated heterocycles. The third-order valence-corrected chi connectivity index (χ3v) is 2.04. The first-order valence-electron chi connectivity index (χ1n) is 3.85. The SMILES string of the molecule is CC(N)C(C)c1cnn(C)c1. The third-order valence-electron chi connectivity index (χ3n) is 2.04. The Morgan fingerprint density at radius 1 is 1.55 bits per heavy atom. The van der Waals surface area contributed by atoms with Crippen molar-refractivity contribution in [2.24, 2.45) is 12.8 Å². The summed E-state index contributed by atoms with van der Waals surface area (Å²) in [6.07, 6.45) is 3.88. The van der Waals surface area contributed by atoms with Gasteiger partial charge in [-0.25, -0.2) is 0 Å². The number of nitrogens with zero attached hydrogens (tertiary/aromatic N) is 2. The average Bonchev–Trinajstić information content (AvgIpc) is 2.34. The van der Waals surface area contributed by atoms with Crippen molar-refractivity contribution in [1.29, 1.82) is 0 Å². The molecule has 0 fully saturated rings. The summed E-state index contributed by atoms with van der Waals surface area (Å²) in [5.74, 6) is 0.392. The van der Waals surface area contributed by atoms with Crippen molar-refractivity contribution in [1.82, 2.24) is 9.78 Å². The van der Waals surface area contributed by atoms with E-state index in [0.717, 1.165) is 0 Å². The molecule has 0 aliphatic rings. The van der Waals surface area contributed by atoms with Gasteiger partial charge in [0.25, 0.3) is 0 Å². The highest BCUT2D eigenvalue weighted by atomic mass is 15.2. The molecule has 62 valence electrons. The molecule has 3 heteroatoms. The lowest BCUT2D eigenvalue weighted by Crippen LogP contribution is -2.22. The molecule has 0 bridgehead atoms. The first-order valence-corrected chi connectivity index (χ1v) is 3.85. The van der Waals surface area contributed by atoms with Gasteiger partial charge in [-0.05, 0) is 18.4 Å². The van der Waals surface area contributed by atoms with E-state index in [4.69, 9.17) is 5.73 Å². The van der Waals surface area contributed by atoms with Crippen LogP contribution in [0.1, 0.15) is 25.3 Å². The molecular formula is C8H15N3. The minimum Gasteiger partial charge on any atom is -0.327 e. The Hall–Kier alpha value is -0.830. The van der Waals surface area contributed by atoms with E-state index in [1.807, 2.05) is 26.4 Å². The van der Waals surface area contributed by atoms with Crippen LogP contribution < -0.4 is 5.73 Å². The Morgan fingerprint density at radius 2 is 2.18 bits per heavy atom. The summed E-state index contributed by atoms with van der Waals surface area (Å²) in [5, 5.41) is 4.08. The van der Waals surface area contributed by atoms with E-state index >= 15 is 0 Å². The molecule has 1 aromatic heterocycles. The molecule has 1 rings (SSSR count). The first-order chi connectivity index (χ1) is 5.11. The molecule has 0 aliphatic carbocycles. The quantitative estimate of drug-likeness (QED) is 0.685. The van der Waals surface area contributed by atoms with E-state index in [1.165, 1.54) is 5.56 Å². The molecule has 0 amide bonds. The fourth-order valence-electron chi connectivity index (χ4n) is 0.979. The van der Waals surface area contributed by atoms with Gasteiger partial charge < -0.3 is 5.73 Å². The Kier molecular flexibility index (Phi) is 2.29. The van der Waals surface area contributed by atoms with Crippen molar-refractivity contribution >= 4 is 0 Å². The van der Waals surface area contributed by atoms with E-state index < -0.39 is 0 Å². The van der Waals surface area contributed by atoms with Gasteiger partial charge in [-0.3, -0.25) is 4.68 Å². The van der Waals surface area contributed by atoms with Crippen molar-refractivity contribution in [3.63, 3.8) is 0 Å². The fourth-order valence-corrected chi connectivity index (χ4v) is 0.979. The summed E-state index contributed by atoms with van der Waals surface area (Å²) in [6, 6.07) is 0.194. The largest absolute Gasteiger partial charge is 0.327 e. The normalized spacial score (nSPS) is 16.4.